The third-order valence-corrected chi connectivity index (χ3v) is 2.23. The fourth-order valence-corrected chi connectivity index (χ4v) is 1.61. The van der Waals surface area contributed by atoms with E-state index >= 15 is 0 Å². The quantitative estimate of drug-likeness (QED) is 0.589. The van der Waals surface area contributed by atoms with Gasteiger partial charge in [-0.05, 0) is 11.5 Å². The van der Waals surface area contributed by atoms with Crippen molar-refractivity contribution in [2.75, 3.05) is 0 Å². The molecule has 0 saturated carbocycles. The van der Waals surface area contributed by atoms with Gasteiger partial charge in [-0.1, -0.05) is 11.6 Å². The van der Waals surface area contributed by atoms with Crippen LogP contribution in [0.5, 0.6) is 0 Å². The average molecular weight is 175 g/mol. The van der Waals surface area contributed by atoms with Crippen molar-refractivity contribution in [3.8, 4) is 6.07 Å². The van der Waals surface area contributed by atoms with Gasteiger partial charge in [0.25, 0.3) is 5.56 Å². The second kappa shape index (κ2) is 2.45. The molecular formula is C5H3ClN2OS. The first-order valence-corrected chi connectivity index (χ1v) is 3.58. The first kappa shape index (κ1) is 7.32. The summed E-state index contributed by atoms with van der Waals surface area (Å²) < 4.78 is 1.58. The Bertz CT molecular complexity index is 346. The molecule has 0 aromatic carbocycles. The van der Waals surface area contributed by atoms with E-state index < -0.39 is 0 Å². The Kier molecular flexibility index (Phi) is 1.79. The van der Waals surface area contributed by atoms with Crippen LogP contribution in [0, 0.1) is 11.3 Å². The first-order chi connectivity index (χ1) is 4.66. The van der Waals surface area contributed by atoms with Gasteiger partial charge in [-0.25, -0.2) is 0 Å². The van der Waals surface area contributed by atoms with E-state index in [2.05, 4.69) is 0 Å². The molecule has 1 heterocycles. The molecule has 0 saturated heterocycles. The van der Waals surface area contributed by atoms with Crippen molar-refractivity contribution in [3.05, 3.63) is 20.3 Å². The van der Waals surface area contributed by atoms with E-state index in [1.165, 1.54) is 3.96 Å². The van der Waals surface area contributed by atoms with Crippen molar-refractivity contribution in [2.24, 2.45) is 7.05 Å². The lowest BCUT2D eigenvalue weighted by molar-refractivity contribution is 0.976. The van der Waals surface area contributed by atoms with Gasteiger partial charge in [0, 0.05) is 7.05 Å². The van der Waals surface area contributed by atoms with Crippen LogP contribution in [0.2, 0.25) is 4.34 Å². The Balaban J connectivity index is 3.53. The summed E-state index contributed by atoms with van der Waals surface area (Å²) in [6.07, 6.45) is 0. The predicted molar refractivity (Wildman–Crippen MR) is 39.3 cm³/mol. The van der Waals surface area contributed by atoms with Gasteiger partial charge in [-0.3, -0.25) is 8.75 Å². The normalized spacial score (nSPS) is 9.30. The van der Waals surface area contributed by atoms with Gasteiger partial charge >= 0.3 is 0 Å². The minimum absolute atomic E-state index is 0.0363. The standard InChI is InChI=1S/C5H3ClN2OS/c1-8-5(9)3(2-7)4(6)10-8/h1H3. The molecule has 5 heteroatoms. The van der Waals surface area contributed by atoms with Crippen LogP contribution < -0.4 is 5.56 Å². The summed E-state index contributed by atoms with van der Waals surface area (Å²) in [5.41, 5.74) is -0.285. The van der Waals surface area contributed by atoms with E-state index in [-0.39, 0.29) is 15.5 Å². The molecule has 0 spiro atoms. The van der Waals surface area contributed by atoms with Crippen molar-refractivity contribution in [1.29, 1.82) is 5.26 Å². The van der Waals surface area contributed by atoms with Gasteiger partial charge in [-0.15, -0.1) is 0 Å². The van der Waals surface area contributed by atoms with Gasteiger partial charge in [0.05, 0.1) is 0 Å². The molecule has 0 radical (unpaired) electrons. The molecule has 3 nitrogen and oxygen atoms in total. The lowest BCUT2D eigenvalue weighted by Crippen LogP contribution is -2.10. The van der Waals surface area contributed by atoms with Crippen LogP contribution in [0.4, 0.5) is 0 Å². The van der Waals surface area contributed by atoms with E-state index in [1.807, 2.05) is 0 Å². The second-order valence-corrected chi connectivity index (χ2v) is 3.40. The fourth-order valence-electron chi connectivity index (χ4n) is 0.541. The average Bonchev–Trinajstić information content (AvgIpc) is 2.09. The topological polar surface area (TPSA) is 45.8 Å². The van der Waals surface area contributed by atoms with Crippen LogP contribution >= 0.6 is 23.1 Å². The summed E-state index contributed by atoms with van der Waals surface area (Å²) in [7, 11) is 1.57. The van der Waals surface area contributed by atoms with Gasteiger partial charge in [-0.2, -0.15) is 5.26 Å². The molecule has 0 aliphatic rings. The maximum absolute atomic E-state index is 10.9. The van der Waals surface area contributed by atoms with Crippen LogP contribution in [-0.2, 0) is 7.05 Å². The molecule has 0 atom stereocenters. The summed E-state index contributed by atoms with van der Waals surface area (Å²) in [6.45, 7) is 0. The van der Waals surface area contributed by atoms with Crippen LogP contribution in [0.25, 0.3) is 0 Å². The zero-order valence-corrected chi connectivity index (χ0v) is 6.66. The number of hydrogen-bond acceptors (Lipinski definition) is 3. The van der Waals surface area contributed by atoms with Crippen LogP contribution in [0.3, 0.4) is 0 Å². The molecule has 1 aromatic heterocycles. The monoisotopic (exact) mass is 174 g/mol. The zero-order chi connectivity index (χ0) is 7.72. The molecule has 52 valence electrons. The molecule has 0 bridgehead atoms. The minimum Gasteiger partial charge on any atom is -0.267 e. The van der Waals surface area contributed by atoms with E-state index in [9.17, 15) is 4.79 Å². The molecule has 0 aliphatic heterocycles. The summed E-state index contributed by atoms with van der Waals surface area (Å²) in [6, 6.07) is 1.73. The Labute approximate surface area is 66.2 Å². The van der Waals surface area contributed by atoms with Crippen LogP contribution in [0.1, 0.15) is 5.56 Å². The summed E-state index contributed by atoms with van der Waals surface area (Å²) >= 11 is 6.59. The van der Waals surface area contributed by atoms with Gasteiger partial charge in [0.15, 0.2) is 0 Å². The first-order valence-electron chi connectivity index (χ1n) is 2.42. The number of halogens is 1. The van der Waals surface area contributed by atoms with Gasteiger partial charge < -0.3 is 0 Å². The van der Waals surface area contributed by atoms with Crippen molar-refractivity contribution >= 4 is 23.1 Å². The van der Waals surface area contributed by atoms with Gasteiger partial charge in [0.1, 0.15) is 16.0 Å². The SMILES string of the molecule is Cn1sc(Cl)c(C#N)c1=O. The third kappa shape index (κ3) is 0.939. The van der Waals surface area contributed by atoms with Crippen LogP contribution in [0.15, 0.2) is 4.79 Å². The van der Waals surface area contributed by atoms with Crippen molar-refractivity contribution in [3.63, 3.8) is 0 Å². The molecule has 10 heavy (non-hydrogen) atoms. The third-order valence-electron chi connectivity index (χ3n) is 1.03. The van der Waals surface area contributed by atoms with Crippen molar-refractivity contribution < 1.29 is 0 Å². The lowest BCUT2D eigenvalue weighted by Gasteiger charge is -1.77. The van der Waals surface area contributed by atoms with Gasteiger partial charge in [0.2, 0.25) is 0 Å². The minimum atomic E-state index is -0.322. The molecule has 0 amide bonds. The fraction of sp³-hybridized carbons (Fsp3) is 0.200. The molecule has 0 aliphatic carbocycles. The predicted octanol–water partition coefficient (Wildman–Crippen LogP) is 0.972. The molecule has 0 fully saturated rings. The highest BCUT2D eigenvalue weighted by Gasteiger charge is 2.08. The maximum Gasteiger partial charge on any atom is 0.279 e. The number of nitrogens with zero attached hydrogens (tertiary/aromatic N) is 2. The summed E-state index contributed by atoms with van der Waals surface area (Å²) in [5.74, 6) is 0. The smallest absolute Gasteiger partial charge is 0.267 e. The summed E-state index contributed by atoms with van der Waals surface area (Å²) in [5, 5.41) is 8.37. The second-order valence-electron chi connectivity index (χ2n) is 1.65. The largest absolute Gasteiger partial charge is 0.279 e. The maximum atomic E-state index is 10.9. The highest BCUT2D eigenvalue weighted by Crippen LogP contribution is 2.16. The Morgan fingerprint density at radius 3 is 2.60 bits per heavy atom. The molecule has 0 unspecified atom stereocenters. The molecule has 1 aromatic rings. The highest BCUT2D eigenvalue weighted by molar-refractivity contribution is 7.11. The van der Waals surface area contributed by atoms with E-state index in [0.717, 1.165) is 11.5 Å². The molecule has 0 N–H and O–H groups in total. The van der Waals surface area contributed by atoms with Crippen LogP contribution in [-0.4, -0.2) is 3.96 Å². The zero-order valence-electron chi connectivity index (χ0n) is 5.09. The Morgan fingerprint density at radius 1 is 1.80 bits per heavy atom. The number of rotatable bonds is 0. The van der Waals surface area contributed by atoms with E-state index in [1.54, 1.807) is 13.1 Å². The number of nitriles is 1. The number of aromatic nitrogens is 1. The van der Waals surface area contributed by atoms with Crippen molar-refractivity contribution in [2.45, 2.75) is 0 Å². The Morgan fingerprint density at radius 2 is 2.40 bits per heavy atom. The lowest BCUT2D eigenvalue weighted by atomic mass is 10.4. The summed E-state index contributed by atoms with van der Waals surface area (Å²) in [4.78, 5) is 10.9. The Hall–Kier alpha value is -0.790. The highest BCUT2D eigenvalue weighted by atomic mass is 35.5. The van der Waals surface area contributed by atoms with Crippen molar-refractivity contribution in [1.82, 2.24) is 3.96 Å². The number of hydrogen-bond donors (Lipinski definition) is 0. The molecular weight excluding hydrogens is 172 g/mol. The molecule has 1 rings (SSSR count). The van der Waals surface area contributed by atoms with E-state index in [0.29, 0.717) is 0 Å². The number of aryl methyl sites for hydroxylation is 1. The van der Waals surface area contributed by atoms with E-state index in [4.69, 9.17) is 16.9 Å².